The highest BCUT2D eigenvalue weighted by Crippen LogP contribution is 2.35. The average molecular weight is 331 g/mol. The van der Waals surface area contributed by atoms with Crippen LogP contribution < -0.4 is 4.90 Å². The second-order valence-corrected chi connectivity index (χ2v) is 5.77. The highest BCUT2D eigenvalue weighted by atomic mass is 16.2. The summed E-state index contributed by atoms with van der Waals surface area (Å²) in [5, 5.41) is 18.4. The minimum atomic E-state index is -0.487. The van der Waals surface area contributed by atoms with E-state index in [4.69, 9.17) is 0 Å². The predicted molar refractivity (Wildman–Crippen MR) is 87.7 cm³/mol. The van der Waals surface area contributed by atoms with Crippen LogP contribution in [0.4, 0.5) is 5.82 Å². The van der Waals surface area contributed by atoms with Crippen molar-refractivity contribution >= 4 is 17.6 Å². The van der Waals surface area contributed by atoms with Crippen LogP contribution in [0.1, 0.15) is 25.2 Å². The number of carbonyl (C=O) groups is 2. The van der Waals surface area contributed by atoms with Gasteiger partial charge in [-0.1, -0.05) is 44.2 Å². The molecule has 1 saturated heterocycles. The van der Waals surface area contributed by atoms with Crippen molar-refractivity contribution in [3.05, 3.63) is 41.7 Å². The Bertz CT molecular complexity index is 936. The zero-order chi connectivity index (χ0) is 18.1. The number of rotatable bonds is 2. The molecule has 122 valence electrons. The van der Waals surface area contributed by atoms with Crippen molar-refractivity contribution in [2.75, 3.05) is 4.90 Å². The van der Waals surface area contributed by atoms with E-state index in [2.05, 4.69) is 9.97 Å². The summed E-state index contributed by atoms with van der Waals surface area (Å²) in [6, 6.07) is 12.4. The zero-order valence-corrected chi connectivity index (χ0v) is 13.6. The molecule has 0 N–H and O–H groups in total. The fourth-order valence-electron chi connectivity index (χ4n) is 2.68. The normalized spacial score (nSPS) is 19.6. The summed E-state index contributed by atoms with van der Waals surface area (Å²) in [5.74, 6) is -1.76. The summed E-state index contributed by atoms with van der Waals surface area (Å²) < 4.78 is 0. The molecule has 2 amide bonds. The molecule has 2 aromatic rings. The van der Waals surface area contributed by atoms with E-state index in [9.17, 15) is 20.1 Å². The molecular formula is C18H13N5O2. The fourth-order valence-corrected chi connectivity index (χ4v) is 2.68. The van der Waals surface area contributed by atoms with E-state index < -0.39 is 23.7 Å². The van der Waals surface area contributed by atoms with Crippen LogP contribution in [-0.2, 0) is 9.59 Å². The molecule has 0 radical (unpaired) electrons. The topological polar surface area (TPSA) is 111 Å². The van der Waals surface area contributed by atoms with E-state index in [1.54, 1.807) is 44.2 Å². The van der Waals surface area contributed by atoms with E-state index in [0.29, 0.717) is 5.56 Å². The van der Waals surface area contributed by atoms with Crippen LogP contribution in [0.3, 0.4) is 0 Å². The first kappa shape index (κ1) is 16.3. The quantitative estimate of drug-likeness (QED) is 0.779. The van der Waals surface area contributed by atoms with Gasteiger partial charge in [-0.25, -0.2) is 14.9 Å². The van der Waals surface area contributed by atoms with E-state index in [1.165, 1.54) is 0 Å². The largest absolute Gasteiger partial charge is 0.274 e. The van der Waals surface area contributed by atoms with E-state index >= 15 is 0 Å². The lowest BCUT2D eigenvalue weighted by molar-refractivity contribution is -0.122. The van der Waals surface area contributed by atoms with Crippen molar-refractivity contribution in [3.63, 3.8) is 0 Å². The molecule has 2 unspecified atom stereocenters. The third-order valence-electron chi connectivity index (χ3n) is 4.32. The van der Waals surface area contributed by atoms with Gasteiger partial charge in [-0.3, -0.25) is 9.59 Å². The summed E-state index contributed by atoms with van der Waals surface area (Å²) in [4.78, 5) is 34.4. The van der Waals surface area contributed by atoms with Gasteiger partial charge in [0.2, 0.25) is 11.8 Å². The number of nitrogens with zero attached hydrogens (tertiary/aromatic N) is 5. The third-order valence-corrected chi connectivity index (χ3v) is 4.32. The lowest BCUT2D eigenvalue weighted by Crippen LogP contribution is -2.32. The van der Waals surface area contributed by atoms with Crippen LogP contribution in [-0.4, -0.2) is 21.8 Å². The molecule has 1 aliphatic heterocycles. The molecule has 25 heavy (non-hydrogen) atoms. The van der Waals surface area contributed by atoms with Gasteiger partial charge >= 0.3 is 0 Å². The first-order valence-corrected chi connectivity index (χ1v) is 7.65. The van der Waals surface area contributed by atoms with Crippen molar-refractivity contribution in [2.24, 2.45) is 11.8 Å². The summed E-state index contributed by atoms with van der Waals surface area (Å²) in [6.07, 6.45) is 0. The van der Waals surface area contributed by atoms with Gasteiger partial charge in [0.1, 0.15) is 17.8 Å². The van der Waals surface area contributed by atoms with Crippen LogP contribution in [0.5, 0.6) is 0 Å². The Labute approximate surface area is 144 Å². The second-order valence-electron chi connectivity index (χ2n) is 5.77. The predicted octanol–water partition coefficient (Wildman–Crippen LogP) is 2.03. The number of hydrogen-bond acceptors (Lipinski definition) is 6. The Balaban J connectivity index is 2.29. The van der Waals surface area contributed by atoms with Crippen LogP contribution in [0.2, 0.25) is 0 Å². The molecule has 0 bridgehead atoms. The summed E-state index contributed by atoms with van der Waals surface area (Å²) in [7, 11) is 0. The Morgan fingerprint density at radius 1 is 0.920 bits per heavy atom. The Morgan fingerprint density at radius 3 is 1.96 bits per heavy atom. The molecule has 2 heterocycles. The highest BCUT2D eigenvalue weighted by molar-refractivity contribution is 6.22. The van der Waals surface area contributed by atoms with Crippen molar-refractivity contribution < 1.29 is 9.59 Å². The molecule has 7 nitrogen and oxygen atoms in total. The molecule has 1 aromatic heterocycles. The van der Waals surface area contributed by atoms with Gasteiger partial charge in [-0.15, -0.1) is 0 Å². The van der Waals surface area contributed by atoms with E-state index in [0.717, 1.165) is 4.90 Å². The number of amides is 2. The maximum Gasteiger partial charge on any atom is 0.238 e. The smallest absolute Gasteiger partial charge is 0.238 e. The Hall–Kier alpha value is -3.58. The Morgan fingerprint density at radius 2 is 1.44 bits per heavy atom. The second kappa shape index (κ2) is 6.14. The van der Waals surface area contributed by atoms with E-state index in [-0.39, 0.29) is 22.9 Å². The molecule has 7 heteroatoms. The van der Waals surface area contributed by atoms with Crippen molar-refractivity contribution in [3.8, 4) is 23.4 Å². The van der Waals surface area contributed by atoms with Crippen LogP contribution >= 0.6 is 0 Å². The third kappa shape index (κ3) is 2.52. The molecular weight excluding hydrogens is 318 g/mol. The van der Waals surface area contributed by atoms with Crippen LogP contribution in [0.15, 0.2) is 30.3 Å². The van der Waals surface area contributed by atoms with Crippen molar-refractivity contribution in [1.29, 1.82) is 10.5 Å². The number of nitriles is 2. The SMILES string of the molecule is CC1C(=O)N(c2nc(C#N)c(C#N)nc2-c2ccccc2)C(=O)C1C. The first-order valence-electron chi connectivity index (χ1n) is 7.65. The molecule has 1 aliphatic rings. The van der Waals surface area contributed by atoms with Gasteiger partial charge in [0, 0.05) is 17.4 Å². The average Bonchev–Trinajstić information content (AvgIpc) is 2.84. The number of imide groups is 1. The van der Waals surface area contributed by atoms with Gasteiger partial charge in [0.15, 0.2) is 17.2 Å². The number of aromatic nitrogens is 2. The fraction of sp³-hybridized carbons (Fsp3) is 0.222. The molecule has 0 spiro atoms. The van der Waals surface area contributed by atoms with Gasteiger partial charge in [-0.05, 0) is 0 Å². The molecule has 0 saturated carbocycles. The van der Waals surface area contributed by atoms with Gasteiger partial charge < -0.3 is 0 Å². The number of hydrogen-bond donors (Lipinski definition) is 0. The van der Waals surface area contributed by atoms with Crippen molar-refractivity contribution in [1.82, 2.24) is 9.97 Å². The number of benzene rings is 1. The standard InChI is InChI=1S/C18H13N5O2/c1-10-11(2)18(25)23(17(10)24)16-15(12-6-4-3-5-7-12)21-13(8-19)14(9-20)22-16/h3-7,10-11H,1-2H3. The van der Waals surface area contributed by atoms with Gasteiger partial charge in [-0.2, -0.15) is 10.5 Å². The molecule has 0 aliphatic carbocycles. The maximum absolute atomic E-state index is 12.6. The lowest BCUT2D eigenvalue weighted by Gasteiger charge is -2.17. The number of carbonyl (C=O) groups excluding carboxylic acids is 2. The van der Waals surface area contributed by atoms with Crippen molar-refractivity contribution in [2.45, 2.75) is 13.8 Å². The molecule has 1 fully saturated rings. The monoisotopic (exact) mass is 331 g/mol. The lowest BCUT2D eigenvalue weighted by atomic mass is 10.00. The van der Waals surface area contributed by atoms with Crippen LogP contribution in [0, 0.1) is 34.5 Å². The minimum Gasteiger partial charge on any atom is -0.274 e. The molecule has 2 atom stereocenters. The minimum absolute atomic E-state index is 0.00653. The van der Waals surface area contributed by atoms with Gasteiger partial charge in [0.25, 0.3) is 0 Å². The molecule has 1 aromatic carbocycles. The van der Waals surface area contributed by atoms with Gasteiger partial charge in [0.05, 0.1) is 0 Å². The maximum atomic E-state index is 12.6. The molecule has 3 rings (SSSR count). The summed E-state index contributed by atoms with van der Waals surface area (Å²) in [6.45, 7) is 3.35. The Kier molecular flexibility index (Phi) is 4.00. The van der Waals surface area contributed by atoms with Crippen LogP contribution in [0.25, 0.3) is 11.3 Å². The zero-order valence-electron chi connectivity index (χ0n) is 13.6. The number of anilines is 1. The first-order chi connectivity index (χ1) is 12.0. The summed E-state index contributed by atoms with van der Waals surface area (Å²) in [5.41, 5.74) is 0.452. The van der Waals surface area contributed by atoms with E-state index in [1.807, 2.05) is 12.1 Å². The summed E-state index contributed by atoms with van der Waals surface area (Å²) >= 11 is 0. The highest BCUT2D eigenvalue weighted by Gasteiger charge is 2.45.